The highest BCUT2D eigenvalue weighted by Crippen LogP contribution is 2.32. The SMILES string of the molecule is CC1(CNc2ccc(I)cc2[N+](=O)[O-])CCOCC1. The summed E-state index contributed by atoms with van der Waals surface area (Å²) in [4.78, 5) is 10.7. The Morgan fingerprint density at radius 2 is 2.16 bits per heavy atom. The molecule has 0 aromatic heterocycles. The number of nitrogens with zero attached hydrogens (tertiary/aromatic N) is 1. The summed E-state index contributed by atoms with van der Waals surface area (Å²) >= 11 is 2.08. The Bertz CT molecular complexity index is 473. The van der Waals surface area contributed by atoms with E-state index in [1.165, 1.54) is 0 Å². The number of hydrogen-bond donors (Lipinski definition) is 1. The second-order valence-corrected chi connectivity index (χ2v) is 6.44. The Morgan fingerprint density at radius 1 is 1.47 bits per heavy atom. The maximum atomic E-state index is 11.0. The normalized spacial score (nSPS) is 18.0. The van der Waals surface area contributed by atoms with E-state index in [1.54, 1.807) is 12.1 Å². The van der Waals surface area contributed by atoms with Crippen LogP contribution in [-0.2, 0) is 4.74 Å². The molecule has 19 heavy (non-hydrogen) atoms. The highest BCUT2D eigenvalue weighted by Gasteiger charge is 2.28. The van der Waals surface area contributed by atoms with E-state index in [9.17, 15) is 10.1 Å². The Balaban J connectivity index is 2.08. The molecule has 6 heteroatoms. The van der Waals surface area contributed by atoms with E-state index in [4.69, 9.17) is 4.74 Å². The van der Waals surface area contributed by atoms with Gasteiger partial charge in [0.15, 0.2) is 0 Å². The number of hydrogen-bond acceptors (Lipinski definition) is 4. The van der Waals surface area contributed by atoms with Crippen LogP contribution in [0.25, 0.3) is 0 Å². The fourth-order valence-electron chi connectivity index (χ4n) is 2.15. The molecule has 104 valence electrons. The van der Waals surface area contributed by atoms with Gasteiger partial charge >= 0.3 is 0 Å². The second kappa shape index (κ2) is 6.04. The zero-order valence-electron chi connectivity index (χ0n) is 10.8. The Hall–Kier alpha value is -0.890. The highest BCUT2D eigenvalue weighted by molar-refractivity contribution is 14.1. The van der Waals surface area contributed by atoms with Crippen molar-refractivity contribution in [2.24, 2.45) is 5.41 Å². The summed E-state index contributed by atoms with van der Waals surface area (Å²) in [5.41, 5.74) is 0.885. The van der Waals surface area contributed by atoms with Crippen molar-refractivity contribution in [1.29, 1.82) is 0 Å². The molecule has 0 saturated carbocycles. The zero-order chi connectivity index (χ0) is 13.9. The van der Waals surface area contributed by atoms with E-state index >= 15 is 0 Å². The lowest BCUT2D eigenvalue weighted by atomic mass is 9.82. The third kappa shape index (κ3) is 3.79. The molecule has 0 spiro atoms. The number of nitro benzene ring substituents is 1. The van der Waals surface area contributed by atoms with Crippen molar-refractivity contribution in [2.45, 2.75) is 19.8 Å². The maximum Gasteiger partial charge on any atom is 0.293 e. The lowest BCUT2D eigenvalue weighted by molar-refractivity contribution is -0.384. The molecule has 2 rings (SSSR count). The van der Waals surface area contributed by atoms with Gasteiger partial charge in [0.1, 0.15) is 5.69 Å². The predicted molar refractivity (Wildman–Crippen MR) is 82.5 cm³/mol. The van der Waals surface area contributed by atoms with Gasteiger partial charge in [-0.2, -0.15) is 0 Å². The topological polar surface area (TPSA) is 64.4 Å². The number of nitro groups is 1. The van der Waals surface area contributed by atoms with E-state index in [1.807, 2.05) is 6.07 Å². The van der Waals surface area contributed by atoms with E-state index in [2.05, 4.69) is 34.8 Å². The fraction of sp³-hybridized carbons (Fsp3) is 0.538. The van der Waals surface area contributed by atoms with Crippen molar-refractivity contribution in [3.8, 4) is 0 Å². The molecule has 1 fully saturated rings. The van der Waals surface area contributed by atoms with Crippen LogP contribution < -0.4 is 5.32 Å². The van der Waals surface area contributed by atoms with E-state index in [-0.39, 0.29) is 16.0 Å². The van der Waals surface area contributed by atoms with E-state index < -0.39 is 0 Å². The van der Waals surface area contributed by atoms with Crippen LogP contribution in [0, 0.1) is 19.1 Å². The molecule has 1 N–H and O–H groups in total. The third-order valence-electron chi connectivity index (χ3n) is 3.56. The summed E-state index contributed by atoms with van der Waals surface area (Å²) in [6.45, 7) is 4.47. The first kappa shape index (κ1) is 14.5. The van der Waals surface area contributed by atoms with Crippen LogP contribution in [0.5, 0.6) is 0 Å². The minimum atomic E-state index is -0.336. The molecule has 1 aromatic rings. The van der Waals surface area contributed by atoms with Crippen LogP contribution in [0.15, 0.2) is 18.2 Å². The van der Waals surface area contributed by atoms with Crippen LogP contribution in [0.2, 0.25) is 0 Å². The lowest BCUT2D eigenvalue weighted by Crippen LogP contribution is -2.33. The summed E-state index contributed by atoms with van der Waals surface area (Å²) in [7, 11) is 0. The largest absolute Gasteiger partial charge is 0.381 e. The smallest absolute Gasteiger partial charge is 0.293 e. The molecule has 0 unspecified atom stereocenters. The van der Waals surface area contributed by atoms with Crippen LogP contribution in [0.4, 0.5) is 11.4 Å². The first-order valence-electron chi connectivity index (χ1n) is 6.26. The maximum absolute atomic E-state index is 11.0. The standard InChI is InChI=1S/C13H17IN2O3/c1-13(4-6-19-7-5-13)9-15-11-3-2-10(14)8-12(11)16(17)18/h2-3,8,15H,4-7,9H2,1H3. The fourth-order valence-corrected chi connectivity index (χ4v) is 2.63. The molecule has 0 atom stereocenters. The molecule has 1 aliphatic rings. The number of anilines is 1. The van der Waals surface area contributed by atoms with Crippen molar-refractivity contribution in [2.75, 3.05) is 25.1 Å². The molecule has 1 saturated heterocycles. The molecule has 5 nitrogen and oxygen atoms in total. The average Bonchev–Trinajstić information content (AvgIpc) is 2.38. The summed E-state index contributed by atoms with van der Waals surface area (Å²) in [5.74, 6) is 0. The van der Waals surface area contributed by atoms with Crippen LogP contribution in [0.1, 0.15) is 19.8 Å². The van der Waals surface area contributed by atoms with E-state index in [0.29, 0.717) is 5.69 Å². The molecule has 0 bridgehead atoms. The highest BCUT2D eigenvalue weighted by atomic mass is 127. The van der Waals surface area contributed by atoms with Gasteiger partial charge in [0.25, 0.3) is 5.69 Å². The summed E-state index contributed by atoms with van der Waals surface area (Å²) < 4.78 is 6.23. The van der Waals surface area contributed by atoms with Gasteiger partial charge in [-0.15, -0.1) is 0 Å². The Labute approximate surface area is 126 Å². The lowest BCUT2D eigenvalue weighted by Gasteiger charge is -2.33. The Morgan fingerprint density at radius 3 is 2.79 bits per heavy atom. The number of ether oxygens (including phenoxy) is 1. The molecule has 1 aliphatic heterocycles. The van der Waals surface area contributed by atoms with Crippen molar-refractivity contribution in [3.05, 3.63) is 31.9 Å². The van der Waals surface area contributed by atoms with Gasteiger partial charge in [-0.05, 0) is 53.0 Å². The van der Waals surface area contributed by atoms with Crippen LogP contribution in [-0.4, -0.2) is 24.7 Å². The van der Waals surface area contributed by atoms with Crippen molar-refractivity contribution in [1.82, 2.24) is 0 Å². The van der Waals surface area contributed by atoms with Crippen LogP contribution in [0.3, 0.4) is 0 Å². The third-order valence-corrected chi connectivity index (χ3v) is 4.23. The number of rotatable bonds is 4. The quantitative estimate of drug-likeness (QED) is 0.497. The van der Waals surface area contributed by atoms with Crippen LogP contribution >= 0.6 is 22.6 Å². The average molecular weight is 376 g/mol. The predicted octanol–water partition coefficient (Wildman–Crippen LogP) is 3.43. The van der Waals surface area contributed by atoms with Gasteiger partial charge in [0.05, 0.1) is 4.92 Å². The molecular formula is C13H17IN2O3. The molecule has 0 amide bonds. The summed E-state index contributed by atoms with van der Waals surface area (Å²) in [6.07, 6.45) is 1.97. The van der Waals surface area contributed by atoms with Crippen molar-refractivity contribution in [3.63, 3.8) is 0 Å². The molecule has 0 radical (unpaired) electrons. The zero-order valence-corrected chi connectivity index (χ0v) is 13.0. The first-order chi connectivity index (χ1) is 9.00. The number of halogens is 1. The molecule has 1 heterocycles. The van der Waals surface area contributed by atoms with Gasteiger partial charge in [-0.1, -0.05) is 6.92 Å². The van der Waals surface area contributed by atoms with E-state index in [0.717, 1.165) is 36.2 Å². The van der Waals surface area contributed by atoms with Crippen molar-refractivity contribution >= 4 is 34.0 Å². The number of nitrogens with one attached hydrogen (secondary N) is 1. The molecular weight excluding hydrogens is 359 g/mol. The summed E-state index contributed by atoms with van der Waals surface area (Å²) in [6, 6.07) is 5.25. The minimum Gasteiger partial charge on any atom is -0.381 e. The summed E-state index contributed by atoms with van der Waals surface area (Å²) in [5, 5.41) is 14.3. The van der Waals surface area contributed by atoms with Gasteiger partial charge in [-0.25, -0.2) is 0 Å². The minimum absolute atomic E-state index is 0.141. The monoisotopic (exact) mass is 376 g/mol. The second-order valence-electron chi connectivity index (χ2n) is 5.20. The number of benzene rings is 1. The van der Waals surface area contributed by atoms with Gasteiger partial charge < -0.3 is 10.1 Å². The molecule has 1 aromatic carbocycles. The Kier molecular flexibility index (Phi) is 4.62. The van der Waals surface area contributed by atoms with Gasteiger partial charge in [0, 0.05) is 29.4 Å². The molecule has 0 aliphatic carbocycles. The van der Waals surface area contributed by atoms with Gasteiger partial charge in [-0.3, -0.25) is 10.1 Å². The van der Waals surface area contributed by atoms with Crippen molar-refractivity contribution < 1.29 is 9.66 Å². The first-order valence-corrected chi connectivity index (χ1v) is 7.34. The van der Waals surface area contributed by atoms with Gasteiger partial charge in [0.2, 0.25) is 0 Å².